The van der Waals surface area contributed by atoms with Crippen molar-refractivity contribution in [3.8, 4) is 11.3 Å². The number of furan rings is 1. The third-order valence-corrected chi connectivity index (χ3v) is 4.29. The minimum absolute atomic E-state index is 0.0868. The smallest absolute Gasteiger partial charge is 0.326 e. The highest BCUT2D eigenvalue weighted by Gasteiger charge is 2.18. The number of hydrogen-bond donors (Lipinski definition) is 1. The van der Waals surface area contributed by atoms with Crippen LogP contribution in [-0.4, -0.2) is 9.55 Å². The first-order valence-electron chi connectivity index (χ1n) is 7.42. The number of aromatic nitrogens is 2. The van der Waals surface area contributed by atoms with Crippen molar-refractivity contribution < 1.29 is 4.42 Å². The summed E-state index contributed by atoms with van der Waals surface area (Å²) in [6, 6.07) is 7.95. The van der Waals surface area contributed by atoms with Crippen molar-refractivity contribution in [3.05, 3.63) is 46.6 Å². The molecule has 0 aliphatic heterocycles. The number of benzene rings is 1. The summed E-state index contributed by atoms with van der Waals surface area (Å²) in [6.07, 6.45) is 3.77. The van der Waals surface area contributed by atoms with Gasteiger partial charge in [-0.25, -0.2) is 4.79 Å². The molecular formula is C17H20N2O2. The van der Waals surface area contributed by atoms with Gasteiger partial charge in [0.1, 0.15) is 5.76 Å². The minimum atomic E-state index is -0.0868. The van der Waals surface area contributed by atoms with Crippen molar-refractivity contribution in [1.82, 2.24) is 9.55 Å². The molecule has 0 atom stereocenters. The van der Waals surface area contributed by atoms with Crippen LogP contribution in [0.15, 0.2) is 39.7 Å². The summed E-state index contributed by atoms with van der Waals surface area (Å²) in [5.74, 6) is 1.23. The molecule has 0 amide bonds. The summed E-state index contributed by atoms with van der Waals surface area (Å²) >= 11 is 0. The van der Waals surface area contributed by atoms with E-state index in [0.717, 1.165) is 35.2 Å². The van der Waals surface area contributed by atoms with Crippen molar-refractivity contribution in [1.29, 1.82) is 0 Å². The lowest BCUT2D eigenvalue weighted by Gasteiger charge is -2.16. The molecule has 1 aromatic carbocycles. The molecule has 0 saturated carbocycles. The van der Waals surface area contributed by atoms with Crippen LogP contribution in [-0.2, 0) is 7.05 Å². The average molecular weight is 284 g/mol. The van der Waals surface area contributed by atoms with Gasteiger partial charge in [0, 0.05) is 12.6 Å². The van der Waals surface area contributed by atoms with Crippen LogP contribution in [0.25, 0.3) is 22.4 Å². The van der Waals surface area contributed by atoms with Crippen LogP contribution in [0.5, 0.6) is 0 Å². The number of fused-ring (bicyclic) bond motifs is 1. The van der Waals surface area contributed by atoms with Gasteiger partial charge in [-0.3, -0.25) is 4.57 Å². The van der Waals surface area contributed by atoms with Crippen molar-refractivity contribution in [2.75, 3.05) is 0 Å². The third kappa shape index (κ3) is 2.11. The van der Waals surface area contributed by atoms with Gasteiger partial charge in [-0.15, -0.1) is 0 Å². The first-order chi connectivity index (χ1) is 10.2. The molecule has 3 rings (SSSR count). The Hall–Kier alpha value is -2.23. The number of nitrogens with one attached hydrogen (secondary N) is 1. The second-order valence-corrected chi connectivity index (χ2v) is 5.41. The molecule has 1 N–H and O–H groups in total. The van der Waals surface area contributed by atoms with Gasteiger partial charge in [0.2, 0.25) is 0 Å². The first-order valence-corrected chi connectivity index (χ1v) is 7.42. The first kappa shape index (κ1) is 13.7. The standard InChI is InChI=1S/C17H20N2O2/c1-4-11(5-2)12-8-9-13(14-7-6-10-21-14)15-16(12)19(3)17(20)18-15/h6-11H,4-5H2,1-3H3,(H,18,20). The summed E-state index contributed by atoms with van der Waals surface area (Å²) in [7, 11) is 1.82. The molecule has 4 nitrogen and oxygen atoms in total. The molecule has 2 aromatic heterocycles. The average Bonchev–Trinajstić information content (AvgIpc) is 3.10. The maximum absolute atomic E-state index is 12.1. The van der Waals surface area contributed by atoms with Gasteiger partial charge in [0.05, 0.1) is 17.3 Å². The minimum Gasteiger partial charge on any atom is -0.464 e. The van der Waals surface area contributed by atoms with Gasteiger partial charge in [0.25, 0.3) is 0 Å². The number of H-pyrrole nitrogens is 1. The molecule has 110 valence electrons. The fourth-order valence-electron chi connectivity index (χ4n) is 3.08. The monoisotopic (exact) mass is 284 g/mol. The molecule has 2 heterocycles. The fraction of sp³-hybridized carbons (Fsp3) is 0.353. The van der Waals surface area contributed by atoms with Crippen LogP contribution in [0.4, 0.5) is 0 Å². The number of aryl methyl sites for hydroxylation is 1. The molecule has 21 heavy (non-hydrogen) atoms. The molecule has 0 fully saturated rings. The van der Waals surface area contributed by atoms with Gasteiger partial charge in [0.15, 0.2) is 0 Å². The zero-order valence-electron chi connectivity index (χ0n) is 12.6. The highest BCUT2D eigenvalue weighted by atomic mass is 16.3. The Bertz CT molecular complexity index is 805. The second kappa shape index (κ2) is 5.28. The molecule has 0 aliphatic carbocycles. The maximum atomic E-state index is 12.1. The van der Waals surface area contributed by atoms with Gasteiger partial charge >= 0.3 is 5.69 Å². The third-order valence-electron chi connectivity index (χ3n) is 4.29. The summed E-state index contributed by atoms with van der Waals surface area (Å²) in [4.78, 5) is 15.1. The van der Waals surface area contributed by atoms with Crippen LogP contribution in [0.2, 0.25) is 0 Å². The Kier molecular flexibility index (Phi) is 3.45. The van der Waals surface area contributed by atoms with Gasteiger partial charge in [-0.2, -0.15) is 0 Å². The lowest BCUT2D eigenvalue weighted by Crippen LogP contribution is -2.13. The number of imidazole rings is 1. The highest BCUT2D eigenvalue weighted by Crippen LogP contribution is 2.34. The van der Waals surface area contributed by atoms with E-state index in [9.17, 15) is 4.79 Å². The number of aromatic amines is 1. The Balaban J connectivity index is 2.34. The normalized spacial score (nSPS) is 11.6. The van der Waals surface area contributed by atoms with E-state index in [1.54, 1.807) is 10.8 Å². The summed E-state index contributed by atoms with van der Waals surface area (Å²) < 4.78 is 7.20. The topological polar surface area (TPSA) is 50.9 Å². The number of rotatable bonds is 4. The van der Waals surface area contributed by atoms with Crippen LogP contribution in [0.1, 0.15) is 38.2 Å². The van der Waals surface area contributed by atoms with Crippen molar-refractivity contribution in [3.63, 3.8) is 0 Å². The molecule has 3 aromatic rings. The van der Waals surface area contributed by atoms with Crippen molar-refractivity contribution in [2.24, 2.45) is 7.05 Å². The predicted octanol–water partition coefficient (Wildman–Crippen LogP) is 4.03. The van der Waals surface area contributed by atoms with E-state index < -0.39 is 0 Å². The fourth-order valence-corrected chi connectivity index (χ4v) is 3.08. The number of nitrogens with zero attached hydrogens (tertiary/aromatic N) is 1. The van der Waals surface area contributed by atoms with Crippen molar-refractivity contribution >= 4 is 11.0 Å². The molecule has 0 radical (unpaired) electrons. The van der Waals surface area contributed by atoms with E-state index in [2.05, 4.69) is 24.9 Å². The largest absolute Gasteiger partial charge is 0.464 e. The van der Waals surface area contributed by atoms with E-state index in [-0.39, 0.29) is 5.69 Å². The van der Waals surface area contributed by atoms with E-state index in [4.69, 9.17) is 4.42 Å². The molecule has 0 bridgehead atoms. The van der Waals surface area contributed by atoms with E-state index >= 15 is 0 Å². The van der Waals surface area contributed by atoms with Crippen LogP contribution in [0, 0.1) is 0 Å². The lowest BCUT2D eigenvalue weighted by molar-refractivity contribution is 0.582. The molecule has 4 heteroatoms. The summed E-state index contributed by atoms with van der Waals surface area (Å²) in [5.41, 5.74) is 3.93. The molecular weight excluding hydrogens is 264 g/mol. The number of hydrogen-bond acceptors (Lipinski definition) is 2. The Morgan fingerprint density at radius 3 is 2.62 bits per heavy atom. The van der Waals surface area contributed by atoms with Gasteiger partial charge < -0.3 is 9.40 Å². The highest BCUT2D eigenvalue weighted by molar-refractivity contribution is 5.93. The second-order valence-electron chi connectivity index (χ2n) is 5.41. The van der Waals surface area contributed by atoms with Gasteiger partial charge in [-0.1, -0.05) is 19.9 Å². The van der Waals surface area contributed by atoms with Gasteiger partial charge in [-0.05, 0) is 42.5 Å². The molecule has 0 unspecified atom stereocenters. The molecule has 0 aliphatic rings. The quantitative estimate of drug-likeness (QED) is 0.786. The van der Waals surface area contributed by atoms with Crippen LogP contribution < -0.4 is 5.69 Å². The SMILES string of the molecule is CCC(CC)c1ccc(-c2ccco2)c2[nH]c(=O)n(C)c12. The lowest BCUT2D eigenvalue weighted by atomic mass is 9.91. The van der Waals surface area contributed by atoms with E-state index in [0.29, 0.717) is 5.92 Å². The zero-order valence-corrected chi connectivity index (χ0v) is 12.6. The summed E-state index contributed by atoms with van der Waals surface area (Å²) in [5, 5.41) is 0. The zero-order chi connectivity index (χ0) is 15.0. The van der Waals surface area contributed by atoms with Crippen LogP contribution >= 0.6 is 0 Å². The van der Waals surface area contributed by atoms with Crippen LogP contribution in [0.3, 0.4) is 0 Å². The van der Waals surface area contributed by atoms with E-state index in [1.165, 1.54) is 5.56 Å². The Labute approximate surface area is 123 Å². The Morgan fingerprint density at radius 1 is 1.24 bits per heavy atom. The van der Waals surface area contributed by atoms with Crippen molar-refractivity contribution in [2.45, 2.75) is 32.6 Å². The molecule has 0 saturated heterocycles. The Morgan fingerprint density at radius 2 is 2.00 bits per heavy atom. The van der Waals surface area contributed by atoms with E-state index in [1.807, 2.05) is 25.2 Å². The predicted molar refractivity (Wildman–Crippen MR) is 84.6 cm³/mol. The maximum Gasteiger partial charge on any atom is 0.326 e. The summed E-state index contributed by atoms with van der Waals surface area (Å²) in [6.45, 7) is 4.37. The molecule has 0 spiro atoms.